The topological polar surface area (TPSA) is 112 Å². The standard InChI is InChI=1S/C47H92N2O7S/c1-4-6-8-10-12-14-16-18-20-21-22-23-25-27-29-31-33-36-45(50)56-44(43-57-47(52)49-38-35-39-54-41-40-53-3)42-55-46(51)48-37-34-32-30-28-26-24-19-17-15-13-11-9-7-5-2/h44H,4-43H2,1-3H3,(H,48,51)(H,49,52). The number of unbranched alkanes of at least 4 members (excludes halogenated alkanes) is 29. The van der Waals surface area contributed by atoms with E-state index >= 15 is 0 Å². The van der Waals surface area contributed by atoms with Crippen LogP contribution in [0.15, 0.2) is 0 Å². The highest BCUT2D eigenvalue weighted by Gasteiger charge is 2.19. The molecule has 0 saturated heterocycles. The zero-order valence-corrected chi connectivity index (χ0v) is 38.4. The molecule has 0 aromatic rings. The fourth-order valence-corrected chi connectivity index (χ4v) is 7.62. The number of thioether (sulfide) groups is 1. The molecular weight excluding hydrogens is 737 g/mol. The van der Waals surface area contributed by atoms with Crippen molar-refractivity contribution in [3.8, 4) is 0 Å². The molecule has 0 bridgehead atoms. The molecule has 0 fully saturated rings. The van der Waals surface area contributed by atoms with Gasteiger partial charge in [-0.1, -0.05) is 212 Å². The van der Waals surface area contributed by atoms with Crippen LogP contribution in [0.4, 0.5) is 9.59 Å². The van der Waals surface area contributed by atoms with Gasteiger partial charge in [-0.25, -0.2) is 4.79 Å². The number of carbonyl (C=O) groups excluding carboxylic acids is 3. The van der Waals surface area contributed by atoms with Crippen molar-refractivity contribution in [2.45, 2.75) is 232 Å². The lowest BCUT2D eigenvalue weighted by molar-refractivity contribution is -0.149. The first-order chi connectivity index (χ1) is 28.0. The Hall–Kier alpha value is -1.52. The molecule has 2 amide bonds. The van der Waals surface area contributed by atoms with Crippen molar-refractivity contribution in [3.63, 3.8) is 0 Å². The molecule has 10 heteroatoms. The number of alkyl carbamates (subject to hydrolysis) is 1. The first-order valence-electron chi connectivity index (χ1n) is 24.1. The van der Waals surface area contributed by atoms with Gasteiger partial charge in [0.1, 0.15) is 12.7 Å². The second-order valence-electron chi connectivity index (χ2n) is 16.1. The van der Waals surface area contributed by atoms with Gasteiger partial charge in [0.05, 0.1) is 13.2 Å². The monoisotopic (exact) mass is 829 g/mol. The average molecular weight is 829 g/mol. The quantitative estimate of drug-likeness (QED) is 0.0461. The second kappa shape index (κ2) is 47.2. The number of carbonyl (C=O) groups is 3. The Labute approximate surface area is 356 Å². The molecule has 0 saturated carbocycles. The fourth-order valence-electron chi connectivity index (χ4n) is 6.91. The third-order valence-electron chi connectivity index (χ3n) is 10.5. The van der Waals surface area contributed by atoms with Crippen LogP contribution in [-0.2, 0) is 23.7 Å². The van der Waals surface area contributed by atoms with E-state index in [1.165, 1.54) is 167 Å². The normalized spacial score (nSPS) is 11.8. The Morgan fingerprint density at radius 1 is 0.491 bits per heavy atom. The first kappa shape index (κ1) is 55.5. The predicted octanol–water partition coefficient (Wildman–Crippen LogP) is 13.6. The van der Waals surface area contributed by atoms with E-state index in [2.05, 4.69) is 24.5 Å². The molecule has 2 N–H and O–H groups in total. The van der Waals surface area contributed by atoms with Crippen LogP contribution in [0.3, 0.4) is 0 Å². The zero-order chi connectivity index (χ0) is 41.5. The third-order valence-corrected chi connectivity index (χ3v) is 11.5. The minimum absolute atomic E-state index is 0.0804. The van der Waals surface area contributed by atoms with Gasteiger partial charge in [-0.05, 0) is 19.3 Å². The lowest BCUT2D eigenvalue weighted by atomic mass is 10.0. The van der Waals surface area contributed by atoms with Crippen LogP contribution < -0.4 is 10.6 Å². The summed E-state index contributed by atoms with van der Waals surface area (Å²) in [6.45, 7) is 7.12. The van der Waals surface area contributed by atoms with E-state index < -0.39 is 12.2 Å². The Balaban J connectivity index is 4.20. The molecular formula is C47H92N2O7S. The summed E-state index contributed by atoms with van der Waals surface area (Å²) in [6, 6.07) is 0. The summed E-state index contributed by atoms with van der Waals surface area (Å²) in [6.07, 6.45) is 39.8. The summed E-state index contributed by atoms with van der Waals surface area (Å²) in [5.74, 6) is -0.0886. The Morgan fingerprint density at radius 2 is 0.912 bits per heavy atom. The number of ether oxygens (including phenoxy) is 4. The number of methoxy groups -OCH3 is 1. The number of amides is 2. The summed E-state index contributed by atoms with van der Waals surface area (Å²) >= 11 is 1.04. The number of esters is 1. The van der Waals surface area contributed by atoms with E-state index in [9.17, 15) is 14.4 Å². The number of hydrogen-bond acceptors (Lipinski definition) is 8. The zero-order valence-electron chi connectivity index (χ0n) is 37.6. The molecule has 338 valence electrons. The molecule has 0 aromatic carbocycles. The minimum atomic E-state index is -0.691. The minimum Gasteiger partial charge on any atom is -0.458 e. The smallest absolute Gasteiger partial charge is 0.407 e. The van der Waals surface area contributed by atoms with E-state index in [4.69, 9.17) is 18.9 Å². The molecule has 0 spiro atoms. The van der Waals surface area contributed by atoms with E-state index in [0.717, 1.165) is 43.9 Å². The van der Waals surface area contributed by atoms with Crippen molar-refractivity contribution < 1.29 is 33.3 Å². The van der Waals surface area contributed by atoms with Gasteiger partial charge in [-0.15, -0.1) is 0 Å². The number of nitrogens with one attached hydrogen (secondary N) is 2. The van der Waals surface area contributed by atoms with Crippen molar-refractivity contribution in [2.24, 2.45) is 0 Å². The molecule has 0 aliphatic carbocycles. The van der Waals surface area contributed by atoms with Crippen LogP contribution in [-0.4, -0.2) is 75.8 Å². The van der Waals surface area contributed by atoms with E-state index in [-0.39, 0.29) is 23.6 Å². The molecule has 1 unspecified atom stereocenters. The van der Waals surface area contributed by atoms with Crippen LogP contribution >= 0.6 is 11.8 Å². The largest absolute Gasteiger partial charge is 0.458 e. The van der Waals surface area contributed by atoms with Gasteiger partial charge in [0.2, 0.25) is 0 Å². The van der Waals surface area contributed by atoms with Crippen molar-refractivity contribution in [1.82, 2.24) is 10.6 Å². The van der Waals surface area contributed by atoms with Gasteiger partial charge < -0.3 is 29.6 Å². The van der Waals surface area contributed by atoms with Crippen LogP contribution in [0.1, 0.15) is 226 Å². The van der Waals surface area contributed by atoms with Crippen LogP contribution in [0, 0.1) is 0 Å². The van der Waals surface area contributed by atoms with Crippen molar-refractivity contribution in [1.29, 1.82) is 0 Å². The molecule has 0 aliphatic heterocycles. The molecule has 0 radical (unpaired) electrons. The Morgan fingerprint density at radius 3 is 1.37 bits per heavy atom. The lowest BCUT2D eigenvalue weighted by Gasteiger charge is -2.18. The maximum atomic E-state index is 12.7. The lowest BCUT2D eigenvalue weighted by Crippen LogP contribution is -2.33. The highest BCUT2D eigenvalue weighted by Crippen LogP contribution is 2.16. The Bertz CT molecular complexity index is 866. The highest BCUT2D eigenvalue weighted by atomic mass is 32.2. The summed E-state index contributed by atoms with van der Waals surface area (Å²) in [4.78, 5) is 37.6. The maximum Gasteiger partial charge on any atom is 0.407 e. The average Bonchev–Trinajstić information content (AvgIpc) is 3.21. The van der Waals surface area contributed by atoms with Crippen LogP contribution in [0.2, 0.25) is 0 Å². The number of hydrogen-bond donors (Lipinski definition) is 2. The molecule has 0 heterocycles. The summed E-state index contributed by atoms with van der Waals surface area (Å²) in [5, 5.41) is 5.48. The molecule has 9 nitrogen and oxygen atoms in total. The van der Waals surface area contributed by atoms with Gasteiger partial charge in [-0.3, -0.25) is 9.59 Å². The third kappa shape index (κ3) is 45.4. The fraction of sp³-hybridized carbons (Fsp3) is 0.936. The molecule has 0 aromatic heterocycles. The molecule has 57 heavy (non-hydrogen) atoms. The van der Waals surface area contributed by atoms with Crippen molar-refractivity contribution in [3.05, 3.63) is 0 Å². The first-order valence-corrected chi connectivity index (χ1v) is 25.1. The van der Waals surface area contributed by atoms with Gasteiger partial charge in [0.25, 0.3) is 5.24 Å². The molecule has 1 atom stereocenters. The van der Waals surface area contributed by atoms with E-state index in [1.807, 2.05) is 0 Å². The van der Waals surface area contributed by atoms with E-state index in [0.29, 0.717) is 45.8 Å². The van der Waals surface area contributed by atoms with Gasteiger partial charge in [0, 0.05) is 39.0 Å². The van der Waals surface area contributed by atoms with Gasteiger partial charge in [0.15, 0.2) is 0 Å². The maximum absolute atomic E-state index is 12.7. The van der Waals surface area contributed by atoms with Crippen LogP contribution in [0.5, 0.6) is 0 Å². The molecule has 0 rings (SSSR count). The molecule has 0 aliphatic rings. The van der Waals surface area contributed by atoms with Gasteiger partial charge in [-0.2, -0.15) is 0 Å². The van der Waals surface area contributed by atoms with Crippen molar-refractivity contribution in [2.75, 3.05) is 52.4 Å². The second-order valence-corrected chi connectivity index (χ2v) is 17.1. The Kier molecular flexibility index (Phi) is 45.9. The van der Waals surface area contributed by atoms with E-state index in [1.54, 1.807) is 7.11 Å². The number of rotatable bonds is 45. The van der Waals surface area contributed by atoms with Crippen molar-refractivity contribution >= 4 is 29.1 Å². The summed E-state index contributed by atoms with van der Waals surface area (Å²) in [5.41, 5.74) is 0. The van der Waals surface area contributed by atoms with Crippen LogP contribution in [0.25, 0.3) is 0 Å². The van der Waals surface area contributed by atoms with Gasteiger partial charge >= 0.3 is 12.1 Å². The summed E-state index contributed by atoms with van der Waals surface area (Å²) < 4.78 is 21.6. The highest BCUT2D eigenvalue weighted by molar-refractivity contribution is 8.13. The summed E-state index contributed by atoms with van der Waals surface area (Å²) in [7, 11) is 1.63. The predicted molar refractivity (Wildman–Crippen MR) is 241 cm³/mol. The SMILES string of the molecule is CCCCCCCCCCCCCCCCCCCC(=O)OC(COC(=O)NCCCCCCCCCCCCCCCC)CSC(=O)NCCCOCCOC.